The SMILES string of the molecule is COC(=O)c1ccc(C2(C(F)(F)F)CCC2)cc1. The molecule has 1 aromatic carbocycles. The Morgan fingerprint density at radius 2 is 1.78 bits per heavy atom. The molecule has 18 heavy (non-hydrogen) atoms. The molecule has 5 heteroatoms. The summed E-state index contributed by atoms with van der Waals surface area (Å²) in [6.07, 6.45) is -3.42. The number of halogens is 3. The van der Waals surface area contributed by atoms with E-state index in [2.05, 4.69) is 4.74 Å². The van der Waals surface area contributed by atoms with Crippen LogP contribution in [0.5, 0.6) is 0 Å². The summed E-state index contributed by atoms with van der Waals surface area (Å²) in [6, 6.07) is 5.51. The lowest BCUT2D eigenvalue weighted by Gasteiger charge is -2.43. The first-order valence-electron chi connectivity index (χ1n) is 5.66. The minimum atomic E-state index is -4.24. The van der Waals surface area contributed by atoms with Gasteiger partial charge >= 0.3 is 12.1 Å². The van der Waals surface area contributed by atoms with E-state index in [-0.39, 0.29) is 24.0 Å². The molecule has 0 spiro atoms. The Balaban J connectivity index is 2.32. The first kappa shape index (κ1) is 12.9. The van der Waals surface area contributed by atoms with E-state index in [1.807, 2.05) is 0 Å². The molecule has 98 valence electrons. The molecule has 0 aromatic heterocycles. The van der Waals surface area contributed by atoms with Gasteiger partial charge in [0.1, 0.15) is 0 Å². The average molecular weight is 258 g/mol. The van der Waals surface area contributed by atoms with Gasteiger partial charge in [-0.3, -0.25) is 0 Å². The smallest absolute Gasteiger partial charge is 0.398 e. The third kappa shape index (κ3) is 1.87. The van der Waals surface area contributed by atoms with E-state index in [0.717, 1.165) is 0 Å². The number of carbonyl (C=O) groups is 1. The Labute approximate surface area is 103 Å². The Kier molecular flexibility index (Phi) is 3.09. The van der Waals surface area contributed by atoms with Crippen molar-refractivity contribution in [1.82, 2.24) is 0 Å². The van der Waals surface area contributed by atoms with Gasteiger partial charge in [-0.05, 0) is 30.5 Å². The zero-order valence-electron chi connectivity index (χ0n) is 9.88. The normalized spacial score (nSPS) is 18.0. The summed E-state index contributed by atoms with van der Waals surface area (Å²) >= 11 is 0. The molecule has 1 fully saturated rings. The summed E-state index contributed by atoms with van der Waals surface area (Å²) < 4.78 is 43.7. The van der Waals surface area contributed by atoms with Crippen molar-refractivity contribution in [3.8, 4) is 0 Å². The molecule has 0 aliphatic heterocycles. The number of benzene rings is 1. The third-order valence-corrected chi connectivity index (χ3v) is 3.61. The Morgan fingerprint density at radius 3 is 2.11 bits per heavy atom. The number of esters is 1. The molecule has 0 N–H and O–H groups in total. The number of rotatable bonds is 2. The van der Waals surface area contributed by atoms with Crippen LogP contribution < -0.4 is 0 Å². The van der Waals surface area contributed by atoms with Gasteiger partial charge in [0.25, 0.3) is 0 Å². The highest BCUT2D eigenvalue weighted by Crippen LogP contribution is 2.54. The highest BCUT2D eigenvalue weighted by atomic mass is 19.4. The molecule has 0 amide bonds. The molecule has 0 unspecified atom stereocenters. The lowest BCUT2D eigenvalue weighted by Crippen LogP contribution is -2.47. The molecule has 1 saturated carbocycles. The minimum Gasteiger partial charge on any atom is -0.465 e. The summed E-state index contributed by atoms with van der Waals surface area (Å²) in [5.41, 5.74) is -1.23. The van der Waals surface area contributed by atoms with Crippen LogP contribution in [-0.2, 0) is 10.2 Å². The zero-order valence-corrected chi connectivity index (χ0v) is 9.88. The van der Waals surface area contributed by atoms with Crippen molar-refractivity contribution in [3.63, 3.8) is 0 Å². The van der Waals surface area contributed by atoms with Gasteiger partial charge in [0.05, 0.1) is 18.1 Å². The van der Waals surface area contributed by atoms with Crippen LogP contribution in [0.3, 0.4) is 0 Å². The van der Waals surface area contributed by atoms with Crippen LogP contribution in [0.2, 0.25) is 0 Å². The molecular weight excluding hydrogens is 245 g/mol. The van der Waals surface area contributed by atoms with Crippen molar-refractivity contribution >= 4 is 5.97 Å². The predicted octanol–water partition coefficient (Wildman–Crippen LogP) is 3.46. The van der Waals surface area contributed by atoms with Gasteiger partial charge in [-0.1, -0.05) is 18.6 Å². The number of methoxy groups -OCH3 is 1. The quantitative estimate of drug-likeness (QED) is 0.759. The Hall–Kier alpha value is -1.52. The second-order valence-corrected chi connectivity index (χ2v) is 4.50. The Bertz CT molecular complexity index is 444. The van der Waals surface area contributed by atoms with E-state index >= 15 is 0 Å². The van der Waals surface area contributed by atoms with Crippen molar-refractivity contribution in [2.45, 2.75) is 30.9 Å². The van der Waals surface area contributed by atoms with E-state index in [0.29, 0.717) is 6.42 Å². The summed E-state index contributed by atoms with van der Waals surface area (Å²) in [6.45, 7) is 0. The lowest BCUT2D eigenvalue weighted by atomic mass is 9.64. The molecule has 1 aliphatic rings. The summed E-state index contributed by atoms with van der Waals surface area (Å²) in [5.74, 6) is -0.545. The molecule has 0 atom stereocenters. The topological polar surface area (TPSA) is 26.3 Å². The number of alkyl halides is 3. The fourth-order valence-electron chi connectivity index (χ4n) is 2.31. The molecule has 0 saturated heterocycles. The number of hydrogen-bond donors (Lipinski definition) is 0. The highest BCUT2D eigenvalue weighted by molar-refractivity contribution is 5.89. The molecule has 0 radical (unpaired) electrons. The maximum absolute atomic E-state index is 13.1. The van der Waals surface area contributed by atoms with Gasteiger partial charge in [-0.2, -0.15) is 13.2 Å². The number of ether oxygens (including phenoxy) is 1. The molecule has 0 heterocycles. The standard InChI is InChI=1S/C13H13F3O2/c1-18-11(17)9-3-5-10(6-4-9)12(7-2-8-12)13(14,15)16/h3-6H,2,7-8H2,1H3. The third-order valence-electron chi connectivity index (χ3n) is 3.61. The highest BCUT2D eigenvalue weighted by Gasteiger charge is 2.59. The monoisotopic (exact) mass is 258 g/mol. The number of carbonyl (C=O) groups excluding carboxylic acids is 1. The van der Waals surface area contributed by atoms with Crippen molar-refractivity contribution in [2.24, 2.45) is 0 Å². The van der Waals surface area contributed by atoms with E-state index in [4.69, 9.17) is 0 Å². The van der Waals surface area contributed by atoms with Crippen LogP contribution in [0.15, 0.2) is 24.3 Å². The van der Waals surface area contributed by atoms with Gasteiger partial charge in [0.2, 0.25) is 0 Å². The summed E-state index contributed by atoms with van der Waals surface area (Å²) in [4.78, 5) is 11.2. The summed E-state index contributed by atoms with van der Waals surface area (Å²) in [5, 5.41) is 0. The second-order valence-electron chi connectivity index (χ2n) is 4.50. The zero-order chi connectivity index (χ0) is 13.4. The van der Waals surface area contributed by atoms with Crippen LogP contribution in [0.25, 0.3) is 0 Å². The van der Waals surface area contributed by atoms with Crippen molar-refractivity contribution in [2.75, 3.05) is 7.11 Å². The maximum Gasteiger partial charge on any atom is 0.398 e. The summed E-state index contributed by atoms with van der Waals surface area (Å²) in [7, 11) is 1.24. The largest absolute Gasteiger partial charge is 0.465 e. The van der Waals surface area contributed by atoms with E-state index in [9.17, 15) is 18.0 Å². The van der Waals surface area contributed by atoms with Crippen molar-refractivity contribution < 1.29 is 22.7 Å². The Morgan fingerprint density at radius 1 is 1.22 bits per heavy atom. The fourth-order valence-corrected chi connectivity index (χ4v) is 2.31. The minimum absolute atomic E-state index is 0.119. The molecular formula is C13H13F3O2. The van der Waals surface area contributed by atoms with Crippen LogP contribution in [0.1, 0.15) is 35.2 Å². The van der Waals surface area contributed by atoms with Crippen LogP contribution in [0, 0.1) is 0 Å². The van der Waals surface area contributed by atoms with Crippen LogP contribution in [0.4, 0.5) is 13.2 Å². The average Bonchev–Trinajstić information content (AvgIpc) is 2.25. The molecule has 1 aromatic rings. The molecule has 2 rings (SSSR count). The van der Waals surface area contributed by atoms with E-state index in [1.54, 1.807) is 0 Å². The van der Waals surface area contributed by atoms with E-state index < -0.39 is 17.6 Å². The first-order chi connectivity index (χ1) is 8.40. The van der Waals surface area contributed by atoms with Gasteiger partial charge in [-0.15, -0.1) is 0 Å². The van der Waals surface area contributed by atoms with Gasteiger partial charge in [-0.25, -0.2) is 4.79 Å². The predicted molar refractivity (Wildman–Crippen MR) is 59.4 cm³/mol. The van der Waals surface area contributed by atoms with Gasteiger partial charge in [0.15, 0.2) is 0 Å². The second kappa shape index (κ2) is 4.30. The maximum atomic E-state index is 13.1. The van der Waals surface area contributed by atoms with Crippen LogP contribution in [-0.4, -0.2) is 19.3 Å². The number of hydrogen-bond acceptors (Lipinski definition) is 2. The molecule has 0 bridgehead atoms. The first-order valence-corrected chi connectivity index (χ1v) is 5.66. The van der Waals surface area contributed by atoms with Gasteiger partial charge in [0, 0.05) is 0 Å². The van der Waals surface area contributed by atoms with E-state index in [1.165, 1.54) is 31.4 Å². The lowest BCUT2D eigenvalue weighted by molar-refractivity contribution is -0.212. The molecule has 2 nitrogen and oxygen atoms in total. The van der Waals surface area contributed by atoms with Crippen LogP contribution >= 0.6 is 0 Å². The molecule has 1 aliphatic carbocycles. The fraction of sp³-hybridized carbons (Fsp3) is 0.462. The van der Waals surface area contributed by atoms with Gasteiger partial charge < -0.3 is 4.74 Å². The van der Waals surface area contributed by atoms with Crippen molar-refractivity contribution in [3.05, 3.63) is 35.4 Å². The van der Waals surface area contributed by atoms with Crippen molar-refractivity contribution in [1.29, 1.82) is 0 Å².